The Labute approximate surface area is 269 Å². The lowest BCUT2D eigenvalue weighted by Gasteiger charge is -2.42. The van der Waals surface area contributed by atoms with E-state index in [0.29, 0.717) is 48.7 Å². The largest absolute Gasteiger partial charge is 0.492 e. The van der Waals surface area contributed by atoms with E-state index >= 15 is 0 Å². The minimum absolute atomic E-state index is 0.272. The number of carbonyl (C=O) groups is 1. The number of pyridine rings is 1. The number of hydrogen-bond donors (Lipinski definition) is 0. The summed E-state index contributed by atoms with van der Waals surface area (Å²) in [5.41, 5.74) is 5.13. The fourth-order valence-electron chi connectivity index (χ4n) is 5.44. The molecule has 0 spiro atoms. The van der Waals surface area contributed by atoms with Gasteiger partial charge in [-0.05, 0) is 34.9 Å². The summed E-state index contributed by atoms with van der Waals surface area (Å²) >= 11 is 0. The van der Waals surface area contributed by atoms with E-state index in [1.165, 1.54) is 10.5 Å². The van der Waals surface area contributed by atoms with E-state index in [1.54, 1.807) is 19.2 Å². The summed E-state index contributed by atoms with van der Waals surface area (Å²) in [6.45, 7) is 3.57. The normalized spacial score (nSPS) is 12.7. The third kappa shape index (κ3) is 7.47. The molecule has 1 aliphatic heterocycles. The van der Waals surface area contributed by atoms with Crippen LogP contribution >= 0.6 is 0 Å². The summed E-state index contributed by atoms with van der Waals surface area (Å²) in [6.07, 6.45) is 0.759. The molecule has 0 N–H and O–H groups in total. The van der Waals surface area contributed by atoms with Crippen molar-refractivity contribution < 1.29 is 23.7 Å². The van der Waals surface area contributed by atoms with Gasteiger partial charge in [0.15, 0.2) is 5.75 Å². The molecular weight excluding hydrogens is 578 g/mol. The number of ether oxygens (including phenoxy) is 4. The van der Waals surface area contributed by atoms with Gasteiger partial charge < -0.3 is 23.8 Å². The van der Waals surface area contributed by atoms with E-state index in [2.05, 4.69) is 22.0 Å². The highest BCUT2D eigenvalue weighted by Crippen LogP contribution is 2.44. The van der Waals surface area contributed by atoms with Gasteiger partial charge in [-0.15, -0.1) is 0 Å². The van der Waals surface area contributed by atoms with Gasteiger partial charge in [-0.3, -0.25) is 9.69 Å². The number of anilines is 3. The van der Waals surface area contributed by atoms with Gasteiger partial charge in [0.2, 0.25) is 18.2 Å². The lowest BCUT2D eigenvalue weighted by Crippen LogP contribution is -2.49. The van der Waals surface area contributed by atoms with Crippen LogP contribution in [0.15, 0.2) is 121 Å². The molecule has 8 nitrogen and oxygen atoms in total. The Morgan fingerprint density at radius 3 is 1.93 bits per heavy atom. The van der Waals surface area contributed by atoms with Crippen molar-refractivity contribution in [2.45, 2.75) is 19.8 Å². The van der Waals surface area contributed by atoms with Crippen LogP contribution < -0.4 is 24.0 Å². The lowest BCUT2D eigenvalue weighted by atomic mass is 9.99. The Kier molecular flexibility index (Phi) is 10.1. The maximum atomic E-state index is 12.8. The zero-order chi connectivity index (χ0) is 31.6. The maximum absolute atomic E-state index is 12.8. The molecule has 0 unspecified atom stereocenters. The van der Waals surface area contributed by atoms with E-state index in [1.807, 2.05) is 97.1 Å². The SMILES string of the molecule is COc1c(N2CC(COCc3ccccc3)C2)cccc1N(C=O)c1ccc(OCc2ccccc2)nc1OCc1ccccc1. The van der Waals surface area contributed by atoms with Crippen LogP contribution in [0.5, 0.6) is 17.5 Å². The molecule has 234 valence electrons. The van der Waals surface area contributed by atoms with Gasteiger partial charge in [0.05, 0.1) is 31.7 Å². The Hall–Kier alpha value is -5.34. The van der Waals surface area contributed by atoms with Crippen molar-refractivity contribution in [2.75, 3.05) is 36.6 Å². The van der Waals surface area contributed by atoms with Crippen molar-refractivity contribution in [1.29, 1.82) is 0 Å². The van der Waals surface area contributed by atoms with Crippen LogP contribution in [-0.2, 0) is 29.4 Å². The lowest BCUT2D eigenvalue weighted by molar-refractivity contribution is -0.106. The summed E-state index contributed by atoms with van der Waals surface area (Å²) < 4.78 is 24.1. The Morgan fingerprint density at radius 2 is 1.33 bits per heavy atom. The fraction of sp³-hybridized carbons (Fsp3) is 0.211. The van der Waals surface area contributed by atoms with Gasteiger partial charge in [-0.2, -0.15) is 4.98 Å². The van der Waals surface area contributed by atoms with E-state index in [-0.39, 0.29) is 12.5 Å². The smallest absolute Gasteiger partial charge is 0.242 e. The van der Waals surface area contributed by atoms with E-state index in [4.69, 9.17) is 18.9 Å². The number of para-hydroxylation sites is 1. The number of hydrogen-bond acceptors (Lipinski definition) is 7. The third-order valence-corrected chi connectivity index (χ3v) is 7.83. The van der Waals surface area contributed by atoms with Crippen LogP contribution in [-0.4, -0.2) is 38.2 Å². The number of aromatic nitrogens is 1. The predicted octanol–water partition coefficient (Wildman–Crippen LogP) is 7.20. The minimum Gasteiger partial charge on any atom is -0.492 e. The van der Waals surface area contributed by atoms with Crippen LogP contribution in [0.3, 0.4) is 0 Å². The number of carbonyl (C=O) groups excluding carboxylic acids is 1. The van der Waals surface area contributed by atoms with Crippen LogP contribution in [0.2, 0.25) is 0 Å². The highest BCUT2D eigenvalue weighted by molar-refractivity contribution is 5.93. The number of amides is 1. The van der Waals surface area contributed by atoms with Crippen molar-refractivity contribution in [3.8, 4) is 17.5 Å². The molecule has 1 aliphatic rings. The summed E-state index contributed by atoms with van der Waals surface area (Å²) in [6, 6.07) is 39.2. The fourth-order valence-corrected chi connectivity index (χ4v) is 5.44. The molecule has 1 fully saturated rings. The van der Waals surface area contributed by atoms with Gasteiger partial charge >= 0.3 is 0 Å². The molecule has 1 amide bonds. The van der Waals surface area contributed by atoms with Gasteiger partial charge in [0, 0.05) is 25.1 Å². The maximum Gasteiger partial charge on any atom is 0.242 e. The molecule has 2 heterocycles. The molecule has 6 rings (SSSR count). The first-order valence-corrected chi connectivity index (χ1v) is 15.3. The summed E-state index contributed by atoms with van der Waals surface area (Å²) in [5, 5.41) is 0. The molecule has 0 aliphatic carbocycles. The molecule has 1 aromatic heterocycles. The second-order valence-corrected chi connectivity index (χ2v) is 11.1. The average Bonchev–Trinajstić information content (AvgIpc) is 3.09. The van der Waals surface area contributed by atoms with Crippen molar-refractivity contribution in [3.63, 3.8) is 0 Å². The van der Waals surface area contributed by atoms with Crippen molar-refractivity contribution in [3.05, 3.63) is 138 Å². The average molecular weight is 616 g/mol. The number of benzene rings is 4. The van der Waals surface area contributed by atoms with E-state index in [9.17, 15) is 4.79 Å². The van der Waals surface area contributed by atoms with Crippen LogP contribution in [0, 0.1) is 5.92 Å². The molecule has 0 atom stereocenters. The quantitative estimate of drug-likeness (QED) is 0.115. The Morgan fingerprint density at radius 1 is 0.717 bits per heavy atom. The first kappa shape index (κ1) is 30.7. The number of rotatable bonds is 15. The zero-order valence-electron chi connectivity index (χ0n) is 25.8. The molecule has 5 aromatic rings. The predicted molar refractivity (Wildman–Crippen MR) is 179 cm³/mol. The van der Waals surface area contributed by atoms with Crippen molar-refractivity contribution in [2.24, 2.45) is 5.92 Å². The van der Waals surface area contributed by atoms with Gasteiger partial charge in [-0.1, -0.05) is 97.1 Å². The monoisotopic (exact) mass is 615 g/mol. The van der Waals surface area contributed by atoms with E-state index in [0.717, 1.165) is 36.3 Å². The van der Waals surface area contributed by atoms with Gasteiger partial charge in [0.1, 0.15) is 18.9 Å². The molecule has 1 saturated heterocycles. The molecule has 0 saturated carbocycles. The van der Waals surface area contributed by atoms with Crippen LogP contribution in [0.1, 0.15) is 16.7 Å². The number of methoxy groups -OCH3 is 1. The minimum atomic E-state index is 0.272. The Bertz CT molecular complexity index is 1700. The molecule has 4 aromatic carbocycles. The van der Waals surface area contributed by atoms with E-state index < -0.39 is 0 Å². The molecule has 8 heteroatoms. The molecule has 0 radical (unpaired) electrons. The number of nitrogens with zero attached hydrogens (tertiary/aromatic N) is 3. The summed E-state index contributed by atoms with van der Waals surface area (Å²) in [4.78, 5) is 21.2. The zero-order valence-corrected chi connectivity index (χ0v) is 25.8. The molecular formula is C38H37N3O5. The van der Waals surface area contributed by atoms with Crippen molar-refractivity contribution in [1.82, 2.24) is 4.98 Å². The second-order valence-electron chi connectivity index (χ2n) is 11.1. The first-order chi connectivity index (χ1) is 22.7. The van der Waals surface area contributed by atoms with Crippen molar-refractivity contribution >= 4 is 23.5 Å². The standard InChI is InChI=1S/C38H37N3O5/c1-43-37-33(40-22-32(23-40)25-44-24-29-12-5-2-6-13-29)18-11-19-34(37)41(28-42)35-20-21-36(45-26-30-14-7-3-8-15-30)39-38(35)46-27-31-16-9-4-10-17-31/h2-21,28,32H,22-27H2,1H3. The highest BCUT2D eigenvalue weighted by atomic mass is 16.5. The molecule has 0 bridgehead atoms. The third-order valence-electron chi connectivity index (χ3n) is 7.83. The van der Waals surface area contributed by atoms with Gasteiger partial charge in [0.25, 0.3) is 0 Å². The van der Waals surface area contributed by atoms with Crippen LogP contribution in [0.25, 0.3) is 0 Å². The summed E-state index contributed by atoms with van der Waals surface area (Å²) in [5.74, 6) is 1.67. The molecule has 46 heavy (non-hydrogen) atoms. The van der Waals surface area contributed by atoms with Crippen LogP contribution in [0.4, 0.5) is 17.1 Å². The summed E-state index contributed by atoms with van der Waals surface area (Å²) in [7, 11) is 1.62. The Balaban J connectivity index is 1.20. The van der Waals surface area contributed by atoms with Gasteiger partial charge in [-0.25, -0.2) is 0 Å². The highest BCUT2D eigenvalue weighted by Gasteiger charge is 2.31. The second kappa shape index (κ2) is 15.1. The topological polar surface area (TPSA) is 73.4 Å². The first-order valence-electron chi connectivity index (χ1n) is 15.3.